The third-order valence-electron chi connectivity index (χ3n) is 6.05. The van der Waals surface area contributed by atoms with Crippen LogP contribution in [0.2, 0.25) is 5.02 Å². The molecule has 0 bridgehead atoms. The first-order chi connectivity index (χ1) is 17.4. The molecule has 10 heteroatoms. The van der Waals surface area contributed by atoms with Crippen molar-refractivity contribution in [1.82, 2.24) is 14.7 Å². The first kappa shape index (κ1) is 23.6. The molecule has 3 aromatic carbocycles. The second kappa shape index (κ2) is 9.87. The number of aliphatic carboxylic acids is 1. The molecular formula is C26H21ClFN3O5. The van der Waals surface area contributed by atoms with Crippen molar-refractivity contribution < 1.29 is 28.6 Å². The van der Waals surface area contributed by atoms with Gasteiger partial charge in [0.1, 0.15) is 11.6 Å². The summed E-state index contributed by atoms with van der Waals surface area (Å²) in [7, 11) is 0. The van der Waals surface area contributed by atoms with Crippen LogP contribution in [-0.2, 0) is 22.7 Å². The number of rotatable bonds is 6. The molecule has 1 atom stereocenters. The zero-order chi connectivity index (χ0) is 25.2. The zero-order valence-electron chi connectivity index (χ0n) is 18.9. The van der Waals surface area contributed by atoms with Gasteiger partial charge in [0.2, 0.25) is 0 Å². The number of carbonyl (C=O) groups excluding carboxylic acids is 1. The first-order valence-corrected chi connectivity index (χ1v) is 11.5. The minimum atomic E-state index is -1.15. The predicted octanol–water partition coefficient (Wildman–Crippen LogP) is 5.03. The summed E-state index contributed by atoms with van der Waals surface area (Å²) in [5.41, 5.74) is 2.69. The Morgan fingerprint density at radius 1 is 1.11 bits per heavy atom. The lowest BCUT2D eigenvalue weighted by molar-refractivity contribution is -0.139. The van der Waals surface area contributed by atoms with Gasteiger partial charge in [-0.25, -0.2) is 18.7 Å². The van der Waals surface area contributed by atoms with Crippen LogP contribution >= 0.6 is 11.6 Å². The highest BCUT2D eigenvalue weighted by Gasteiger charge is 2.35. The molecule has 184 valence electrons. The van der Waals surface area contributed by atoms with E-state index in [0.717, 1.165) is 16.5 Å². The number of benzene rings is 3. The van der Waals surface area contributed by atoms with Crippen molar-refractivity contribution >= 4 is 34.6 Å². The maximum absolute atomic E-state index is 14.0. The maximum Gasteiger partial charge on any atom is 0.412 e. The van der Waals surface area contributed by atoms with Gasteiger partial charge in [0.25, 0.3) is 0 Å². The van der Waals surface area contributed by atoms with Crippen molar-refractivity contribution in [3.8, 4) is 5.75 Å². The number of carboxylic acids is 1. The molecule has 0 unspecified atom stereocenters. The molecule has 0 radical (unpaired) electrons. The quantitative estimate of drug-likeness (QED) is 0.391. The smallest absolute Gasteiger partial charge is 0.412 e. The minimum absolute atomic E-state index is 0.107. The zero-order valence-corrected chi connectivity index (χ0v) is 19.7. The van der Waals surface area contributed by atoms with Crippen LogP contribution in [-0.4, -0.2) is 45.0 Å². The van der Waals surface area contributed by atoms with Crippen LogP contribution < -0.4 is 4.74 Å². The van der Waals surface area contributed by atoms with E-state index in [9.17, 15) is 14.0 Å². The fourth-order valence-electron chi connectivity index (χ4n) is 4.46. The van der Waals surface area contributed by atoms with Gasteiger partial charge >= 0.3 is 12.1 Å². The largest absolute Gasteiger partial charge is 0.482 e. The lowest BCUT2D eigenvalue weighted by atomic mass is 9.88. The van der Waals surface area contributed by atoms with Crippen molar-refractivity contribution in [2.45, 2.75) is 19.2 Å². The summed E-state index contributed by atoms with van der Waals surface area (Å²) in [4.78, 5) is 26.0. The summed E-state index contributed by atoms with van der Waals surface area (Å²) in [6.45, 7) is -0.442. The second-order valence-electron chi connectivity index (χ2n) is 8.30. The first-order valence-electron chi connectivity index (χ1n) is 11.2. The highest BCUT2D eigenvalue weighted by Crippen LogP contribution is 2.41. The summed E-state index contributed by atoms with van der Waals surface area (Å²) in [6, 6.07) is 15.9. The Kier molecular flexibility index (Phi) is 6.47. The third kappa shape index (κ3) is 4.70. The summed E-state index contributed by atoms with van der Waals surface area (Å²) >= 11 is 6.28. The number of halogens is 2. The van der Waals surface area contributed by atoms with Crippen molar-refractivity contribution in [2.75, 3.05) is 13.2 Å². The average Bonchev–Trinajstić information content (AvgIpc) is 3.28. The number of carboxylic acid groups (broad SMARTS) is 1. The molecule has 0 aliphatic carbocycles. The summed E-state index contributed by atoms with van der Waals surface area (Å²) < 4.78 is 26.7. The van der Waals surface area contributed by atoms with Gasteiger partial charge in [-0.3, -0.25) is 4.90 Å². The molecule has 1 amide bonds. The Labute approximate surface area is 210 Å². The number of para-hydroxylation sites is 1. The van der Waals surface area contributed by atoms with E-state index in [1.54, 1.807) is 35.1 Å². The molecule has 5 rings (SSSR count). The van der Waals surface area contributed by atoms with Gasteiger partial charge in [0.05, 0.1) is 17.8 Å². The van der Waals surface area contributed by atoms with E-state index in [1.165, 1.54) is 17.0 Å². The lowest BCUT2D eigenvalue weighted by Gasteiger charge is -2.37. The Balaban J connectivity index is 1.49. The van der Waals surface area contributed by atoms with E-state index in [1.807, 2.05) is 24.3 Å². The predicted molar refractivity (Wildman–Crippen MR) is 129 cm³/mol. The van der Waals surface area contributed by atoms with Crippen molar-refractivity contribution in [3.63, 3.8) is 0 Å². The maximum atomic E-state index is 14.0. The molecule has 36 heavy (non-hydrogen) atoms. The van der Waals surface area contributed by atoms with Gasteiger partial charge in [-0.2, -0.15) is 5.10 Å². The van der Waals surface area contributed by atoms with E-state index in [2.05, 4.69) is 5.10 Å². The van der Waals surface area contributed by atoms with Crippen LogP contribution in [0.3, 0.4) is 0 Å². The Hall–Kier alpha value is -4.11. The standard InChI is InChI=1S/C26H21ClFN3O5/c27-18-5-8-23(35-14-24(32)33)21(12-18)25-20-7-6-19(28)11-16(20)9-10-30(25)26(34)36-15-31-22-4-2-1-3-17(22)13-29-31/h1-8,11-13,25H,9-10,14-15H2,(H,32,33)/t25-/m0/s1. The highest BCUT2D eigenvalue weighted by atomic mass is 35.5. The number of fused-ring (bicyclic) bond motifs is 2. The molecule has 1 aromatic heterocycles. The SMILES string of the molecule is O=C(O)COc1ccc(Cl)cc1[C@@H]1c2ccc(F)cc2CCN1C(=O)OCn1ncc2ccccc21. The van der Waals surface area contributed by atoms with Crippen LogP contribution in [0.15, 0.2) is 66.9 Å². The van der Waals surface area contributed by atoms with Crippen LogP contribution in [0.4, 0.5) is 9.18 Å². The van der Waals surface area contributed by atoms with E-state index in [-0.39, 0.29) is 24.8 Å². The van der Waals surface area contributed by atoms with E-state index in [4.69, 9.17) is 26.2 Å². The van der Waals surface area contributed by atoms with Crippen LogP contribution in [0.5, 0.6) is 5.75 Å². The van der Waals surface area contributed by atoms with Gasteiger partial charge in [0.15, 0.2) is 13.3 Å². The molecule has 0 saturated heterocycles. The molecule has 1 N–H and O–H groups in total. The molecule has 0 spiro atoms. The lowest BCUT2D eigenvalue weighted by Crippen LogP contribution is -2.41. The minimum Gasteiger partial charge on any atom is -0.482 e. The number of carbonyl (C=O) groups is 2. The van der Waals surface area contributed by atoms with Crippen LogP contribution in [0.25, 0.3) is 10.9 Å². The molecular weight excluding hydrogens is 489 g/mol. The summed E-state index contributed by atoms with van der Waals surface area (Å²) in [5.74, 6) is -1.29. The van der Waals surface area contributed by atoms with E-state index < -0.39 is 24.7 Å². The van der Waals surface area contributed by atoms with Gasteiger partial charge in [0, 0.05) is 22.5 Å². The number of hydrogen-bond donors (Lipinski definition) is 1. The molecule has 0 saturated carbocycles. The van der Waals surface area contributed by atoms with E-state index >= 15 is 0 Å². The second-order valence-corrected chi connectivity index (χ2v) is 8.73. The van der Waals surface area contributed by atoms with Gasteiger partial charge in [-0.05, 0) is 53.9 Å². The molecule has 1 aliphatic heterocycles. The molecule has 8 nitrogen and oxygen atoms in total. The molecule has 4 aromatic rings. The van der Waals surface area contributed by atoms with Gasteiger partial charge < -0.3 is 14.6 Å². The fourth-order valence-corrected chi connectivity index (χ4v) is 4.64. The molecule has 0 fully saturated rings. The topological polar surface area (TPSA) is 93.9 Å². The van der Waals surface area contributed by atoms with Crippen molar-refractivity contribution in [1.29, 1.82) is 0 Å². The van der Waals surface area contributed by atoms with Gasteiger partial charge in [-0.1, -0.05) is 35.9 Å². The normalized spacial score (nSPS) is 14.9. The third-order valence-corrected chi connectivity index (χ3v) is 6.28. The monoisotopic (exact) mass is 509 g/mol. The molecule has 1 aliphatic rings. The van der Waals surface area contributed by atoms with Crippen LogP contribution in [0, 0.1) is 5.82 Å². The number of hydrogen-bond acceptors (Lipinski definition) is 5. The van der Waals surface area contributed by atoms with Crippen molar-refractivity contribution in [2.24, 2.45) is 0 Å². The Morgan fingerprint density at radius 3 is 2.78 bits per heavy atom. The number of ether oxygens (including phenoxy) is 2. The van der Waals surface area contributed by atoms with E-state index in [0.29, 0.717) is 22.6 Å². The summed E-state index contributed by atoms with van der Waals surface area (Å²) in [5, 5.41) is 14.7. The Bertz CT molecular complexity index is 1460. The summed E-state index contributed by atoms with van der Waals surface area (Å²) in [6.07, 6.45) is 1.49. The van der Waals surface area contributed by atoms with Gasteiger partial charge in [-0.15, -0.1) is 0 Å². The average molecular weight is 510 g/mol. The highest BCUT2D eigenvalue weighted by molar-refractivity contribution is 6.30. The van der Waals surface area contributed by atoms with Crippen molar-refractivity contribution in [3.05, 3.63) is 94.4 Å². The number of nitrogens with zero attached hydrogens (tertiary/aromatic N) is 3. The number of amides is 1. The Morgan fingerprint density at radius 2 is 1.94 bits per heavy atom. The van der Waals surface area contributed by atoms with Crippen LogP contribution in [0.1, 0.15) is 22.7 Å². The fraction of sp³-hybridized carbons (Fsp3) is 0.192. The number of aromatic nitrogens is 2. The molecule has 2 heterocycles.